The molecule has 1 heterocycles. The van der Waals surface area contributed by atoms with Gasteiger partial charge in [0.05, 0.1) is 19.3 Å². The minimum absolute atomic E-state index is 0.229. The van der Waals surface area contributed by atoms with E-state index >= 15 is 0 Å². The van der Waals surface area contributed by atoms with Crippen LogP contribution in [0, 0.1) is 11.3 Å². The lowest BCUT2D eigenvalue weighted by atomic mass is 9.64. The molecule has 2 fully saturated rings. The van der Waals surface area contributed by atoms with Crippen LogP contribution < -0.4 is 5.43 Å². The van der Waals surface area contributed by atoms with Gasteiger partial charge < -0.3 is 9.47 Å². The molecular weight excluding hydrogens is 228 g/mol. The highest BCUT2D eigenvalue weighted by atomic mass is 16.5. The van der Waals surface area contributed by atoms with E-state index in [1.807, 2.05) is 0 Å². The van der Waals surface area contributed by atoms with E-state index in [1.165, 1.54) is 0 Å². The molecular formula is C14H28N2O2. The third-order valence-electron chi connectivity index (χ3n) is 4.16. The van der Waals surface area contributed by atoms with Gasteiger partial charge in [0.2, 0.25) is 0 Å². The number of nitrogens with one attached hydrogen (secondary N) is 1. The first-order chi connectivity index (χ1) is 8.50. The summed E-state index contributed by atoms with van der Waals surface area (Å²) in [4.78, 5) is 0. The zero-order chi connectivity index (χ0) is 13.2. The highest BCUT2D eigenvalue weighted by molar-refractivity contribution is 5.02. The van der Waals surface area contributed by atoms with Crippen LogP contribution in [0.5, 0.6) is 0 Å². The van der Waals surface area contributed by atoms with Crippen molar-refractivity contribution < 1.29 is 9.47 Å². The molecule has 0 aromatic carbocycles. The summed E-state index contributed by atoms with van der Waals surface area (Å²) < 4.78 is 11.4. The molecule has 1 saturated carbocycles. The molecule has 1 N–H and O–H groups in total. The molecule has 4 nitrogen and oxygen atoms in total. The summed E-state index contributed by atoms with van der Waals surface area (Å²) in [7, 11) is 0. The van der Waals surface area contributed by atoms with E-state index in [1.54, 1.807) is 0 Å². The van der Waals surface area contributed by atoms with Crippen molar-refractivity contribution in [2.24, 2.45) is 11.3 Å². The Morgan fingerprint density at radius 1 is 1.33 bits per heavy atom. The quantitative estimate of drug-likeness (QED) is 0.811. The first kappa shape index (κ1) is 14.3. The summed E-state index contributed by atoms with van der Waals surface area (Å²) in [6.07, 6.45) is 1.52. The normalized spacial score (nSPS) is 32.5. The van der Waals surface area contributed by atoms with E-state index < -0.39 is 0 Å². The Morgan fingerprint density at radius 2 is 2.00 bits per heavy atom. The van der Waals surface area contributed by atoms with Crippen LogP contribution in [0.2, 0.25) is 0 Å². The molecule has 2 rings (SSSR count). The summed E-state index contributed by atoms with van der Waals surface area (Å²) in [5.41, 5.74) is 3.87. The lowest BCUT2D eigenvalue weighted by molar-refractivity contribution is -0.144. The fourth-order valence-electron chi connectivity index (χ4n) is 2.61. The number of hydrogen-bond acceptors (Lipinski definition) is 4. The maximum Gasteiger partial charge on any atom is 0.0657 e. The van der Waals surface area contributed by atoms with Crippen LogP contribution in [0.15, 0.2) is 0 Å². The summed E-state index contributed by atoms with van der Waals surface area (Å²) in [6.45, 7) is 13.6. The van der Waals surface area contributed by atoms with Gasteiger partial charge in [0.1, 0.15) is 0 Å². The van der Waals surface area contributed by atoms with Gasteiger partial charge in [-0.2, -0.15) is 0 Å². The summed E-state index contributed by atoms with van der Waals surface area (Å²) in [6, 6.07) is 0.535. The number of ether oxygens (including phenoxy) is 2. The summed E-state index contributed by atoms with van der Waals surface area (Å²) >= 11 is 0. The number of nitrogens with zero attached hydrogens (tertiary/aromatic N) is 1. The van der Waals surface area contributed by atoms with Crippen molar-refractivity contribution in [1.29, 1.82) is 0 Å². The predicted molar refractivity (Wildman–Crippen MR) is 72.3 cm³/mol. The Hall–Kier alpha value is -0.160. The van der Waals surface area contributed by atoms with E-state index in [-0.39, 0.29) is 5.41 Å². The Bertz CT molecular complexity index is 263. The Morgan fingerprint density at radius 3 is 2.56 bits per heavy atom. The number of rotatable bonds is 5. The van der Waals surface area contributed by atoms with Crippen LogP contribution in [0.25, 0.3) is 0 Å². The molecule has 0 aromatic rings. The SMILES string of the molecule is CC(C)COC1CC(NN2CCOCC2)C1(C)C. The molecule has 2 aliphatic rings. The second-order valence-corrected chi connectivity index (χ2v) is 6.55. The van der Waals surface area contributed by atoms with Crippen molar-refractivity contribution in [3.8, 4) is 0 Å². The van der Waals surface area contributed by atoms with E-state index in [4.69, 9.17) is 9.47 Å². The third kappa shape index (κ3) is 3.23. The lowest BCUT2D eigenvalue weighted by Gasteiger charge is -2.53. The zero-order valence-corrected chi connectivity index (χ0v) is 12.2. The van der Waals surface area contributed by atoms with E-state index in [2.05, 4.69) is 38.1 Å². The molecule has 0 amide bonds. The molecule has 0 bridgehead atoms. The Labute approximate surface area is 111 Å². The molecule has 1 saturated heterocycles. The van der Waals surface area contributed by atoms with Gasteiger partial charge in [0.15, 0.2) is 0 Å². The molecule has 1 aliphatic carbocycles. The first-order valence-corrected chi connectivity index (χ1v) is 7.20. The van der Waals surface area contributed by atoms with Crippen LogP contribution in [-0.4, -0.2) is 50.1 Å². The smallest absolute Gasteiger partial charge is 0.0657 e. The molecule has 2 atom stereocenters. The van der Waals surface area contributed by atoms with Gasteiger partial charge in [-0.25, -0.2) is 5.01 Å². The van der Waals surface area contributed by atoms with Crippen LogP contribution >= 0.6 is 0 Å². The third-order valence-corrected chi connectivity index (χ3v) is 4.16. The van der Waals surface area contributed by atoms with E-state index in [9.17, 15) is 0 Å². The van der Waals surface area contributed by atoms with Crippen LogP contribution in [0.3, 0.4) is 0 Å². The summed E-state index contributed by atoms with van der Waals surface area (Å²) in [5.74, 6) is 0.618. The lowest BCUT2D eigenvalue weighted by Crippen LogP contribution is -2.65. The molecule has 18 heavy (non-hydrogen) atoms. The van der Waals surface area contributed by atoms with Gasteiger partial charge in [0, 0.05) is 31.2 Å². The molecule has 0 aromatic heterocycles. The number of hydrogen-bond donors (Lipinski definition) is 1. The second-order valence-electron chi connectivity index (χ2n) is 6.55. The van der Waals surface area contributed by atoms with Crippen LogP contribution in [-0.2, 0) is 9.47 Å². The molecule has 4 heteroatoms. The van der Waals surface area contributed by atoms with Gasteiger partial charge in [0.25, 0.3) is 0 Å². The molecule has 0 radical (unpaired) electrons. The van der Waals surface area contributed by atoms with Crippen LogP contribution in [0.1, 0.15) is 34.1 Å². The fourth-order valence-corrected chi connectivity index (χ4v) is 2.61. The van der Waals surface area contributed by atoms with E-state index in [0.29, 0.717) is 18.1 Å². The highest BCUT2D eigenvalue weighted by Gasteiger charge is 2.49. The molecule has 0 spiro atoms. The second kappa shape index (κ2) is 5.87. The summed E-state index contributed by atoms with van der Waals surface area (Å²) in [5, 5.41) is 2.30. The van der Waals surface area contributed by atoms with Gasteiger partial charge in [-0.3, -0.25) is 5.43 Å². The minimum Gasteiger partial charge on any atom is -0.379 e. The van der Waals surface area contributed by atoms with Crippen molar-refractivity contribution in [1.82, 2.24) is 10.4 Å². The molecule has 106 valence electrons. The van der Waals surface area contributed by atoms with Gasteiger partial charge in [-0.15, -0.1) is 0 Å². The first-order valence-electron chi connectivity index (χ1n) is 7.20. The number of morpholine rings is 1. The van der Waals surface area contributed by atoms with Gasteiger partial charge in [-0.1, -0.05) is 27.7 Å². The zero-order valence-electron chi connectivity index (χ0n) is 12.2. The maximum atomic E-state index is 5.99. The average Bonchev–Trinajstić information content (AvgIpc) is 2.33. The van der Waals surface area contributed by atoms with Crippen molar-refractivity contribution >= 4 is 0 Å². The maximum absolute atomic E-state index is 5.99. The predicted octanol–water partition coefficient (Wildman–Crippen LogP) is 1.66. The average molecular weight is 256 g/mol. The highest BCUT2D eigenvalue weighted by Crippen LogP contribution is 2.43. The van der Waals surface area contributed by atoms with Gasteiger partial charge in [-0.05, 0) is 12.3 Å². The standard InChI is InChI=1S/C14H28N2O2/c1-11(2)10-18-13-9-12(14(13,3)4)15-16-5-7-17-8-6-16/h11-13,15H,5-10H2,1-4H3. The van der Waals surface area contributed by atoms with Crippen molar-refractivity contribution in [2.75, 3.05) is 32.9 Å². The Kier molecular flexibility index (Phi) is 4.64. The molecule has 2 unspecified atom stereocenters. The van der Waals surface area contributed by atoms with Crippen molar-refractivity contribution in [2.45, 2.75) is 46.3 Å². The fraction of sp³-hybridized carbons (Fsp3) is 1.00. The number of hydrazine groups is 1. The monoisotopic (exact) mass is 256 g/mol. The molecule has 1 aliphatic heterocycles. The van der Waals surface area contributed by atoms with Crippen molar-refractivity contribution in [3.05, 3.63) is 0 Å². The van der Waals surface area contributed by atoms with Gasteiger partial charge >= 0.3 is 0 Å². The minimum atomic E-state index is 0.229. The topological polar surface area (TPSA) is 33.7 Å². The van der Waals surface area contributed by atoms with E-state index in [0.717, 1.165) is 39.3 Å². The largest absolute Gasteiger partial charge is 0.379 e. The van der Waals surface area contributed by atoms with Crippen molar-refractivity contribution in [3.63, 3.8) is 0 Å². The van der Waals surface area contributed by atoms with Crippen LogP contribution in [0.4, 0.5) is 0 Å². The Balaban J connectivity index is 1.75.